The maximum atomic E-state index is 8.72. The second-order valence-electron chi connectivity index (χ2n) is 5.49. The molecule has 0 aliphatic carbocycles. The Bertz CT molecular complexity index is 446. The van der Waals surface area contributed by atoms with Gasteiger partial charge in [-0.15, -0.1) is 0 Å². The van der Waals surface area contributed by atoms with Crippen molar-refractivity contribution < 1.29 is 5.21 Å². The van der Waals surface area contributed by atoms with Crippen molar-refractivity contribution >= 4 is 5.84 Å². The number of oxime groups is 1. The molecule has 1 rings (SSSR count). The number of nitrogens with two attached hydrogens (primary N) is 1. The van der Waals surface area contributed by atoms with E-state index in [-0.39, 0.29) is 11.3 Å². The van der Waals surface area contributed by atoms with Gasteiger partial charge in [0.15, 0.2) is 0 Å². The summed E-state index contributed by atoms with van der Waals surface area (Å²) in [6, 6.07) is 0. The van der Waals surface area contributed by atoms with Gasteiger partial charge in [-0.25, -0.2) is 0 Å². The molecule has 0 aliphatic heterocycles. The van der Waals surface area contributed by atoms with Crippen LogP contribution in [0.25, 0.3) is 0 Å². The number of aromatic nitrogens is 2. The molecule has 0 unspecified atom stereocenters. The first-order chi connectivity index (χ1) is 8.29. The number of hydrogen-bond donors (Lipinski definition) is 2. The SMILES string of the molecule is Cc1nn(CCCC(C)(C)C(N)=NO)c(C)c1C. The zero-order valence-corrected chi connectivity index (χ0v) is 12.0. The lowest BCUT2D eigenvalue weighted by Gasteiger charge is -2.22. The molecule has 0 radical (unpaired) electrons. The third-order valence-electron chi connectivity index (χ3n) is 3.72. The van der Waals surface area contributed by atoms with Crippen LogP contribution in [0.15, 0.2) is 5.16 Å². The Labute approximate surface area is 109 Å². The van der Waals surface area contributed by atoms with Crippen molar-refractivity contribution in [2.24, 2.45) is 16.3 Å². The van der Waals surface area contributed by atoms with Crippen LogP contribution in [0.3, 0.4) is 0 Å². The lowest BCUT2D eigenvalue weighted by atomic mass is 9.86. The predicted molar refractivity (Wildman–Crippen MR) is 72.9 cm³/mol. The number of aryl methyl sites for hydroxylation is 2. The summed E-state index contributed by atoms with van der Waals surface area (Å²) in [6.07, 6.45) is 1.81. The van der Waals surface area contributed by atoms with Gasteiger partial charge in [-0.2, -0.15) is 5.10 Å². The average molecular weight is 252 g/mol. The van der Waals surface area contributed by atoms with E-state index in [2.05, 4.69) is 24.1 Å². The molecule has 1 heterocycles. The number of hydrogen-bond acceptors (Lipinski definition) is 3. The summed E-state index contributed by atoms with van der Waals surface area (Å²) in [6.45, 7) is 11.0. The third-order valence-corrected chi connectivity index (χ3v) is 3.72. The highest BCUT2D eigenvalue weighted by Gasteiger charge is 2.23. The van der Waals surface area contributed by atoms with Crippen molar-refractivity contribution in [2.75, 3.05) is 0 Å². The minimum absolute atomic E-state index is 0.278. The first-order valence-corrected chi connectivity index (χ1v) is 6.28. The Morgan fingerprint density at radius 3 is 2.44 bits per heavy atom. The highest BCUT2D eigenvalue weighted by atomic mass is 16.4. The first-order valence-electron chi connectivity index (χ1n) is 6.28. The van der Waals surface area contributed by atoms with Crippen molar-refractivity contribution in [3.05, 3.63) is 17.0 Å². The van der Waals surface area contributed by atoms with Crippen molar-refractivity contribution in [3.8, 4) is 0 Å². The van der Waals surface area contributed by atoms with E-state index in [1.54, 1.807) is 0 Å². The Hall–Kier alpha value is -1.52. The van der Waals surface area contributed by atoms with E-state index in [4.69, 9.17) is 10.9 Å². The maximum absolute atomic E-state index is 8.72. The average Bonchev–Trinajstić information content (AvgIpc) is 2.56. The molecule has 18 heavy (non-hydrogen) atoms. The highest BCUT2D eigenvalue weighted by Crippen LogP contribution is 2.23. The molecular formula is C13H24N4O. The van der Waals surface area contributed by atoms with Crippen LogP contribution < -0.4 is 5.73 Å². The second-order valence-corrected chi connectivity index (χ2v) is 5.49. The molecule has 1 aromatic rings. The van der Waals surface area contributed by atoms with Gasteiger partial charge >= 0.3 is 0 Å². The third kappa shape index (κ3) is 3.03. The predicted octanol–water partition coefficient (Wildman–Crippen LogP) is 2.36. The summed E-state index contributed by atoms with van der Waals surface area (Å²) in [5.74, 6) is 0.284. The quantitative estimate of drug-likeness (QED) is 0.365. The highest BCUT2D eigenvalue weighted by molar-refractivity contribution is 5.85. The number of rotatable bonds is 5. The van der Waals surface area contributed by atoms with E-state index in [0.29, 0.717) is 0 Å². The molecule has 102 valence electrons. The minimum atomic E-state index is -0.278. The summed E-state index contributed by atoms with van der Waals surface area (Å²) in [4.78, 5) is 0. The second kappa shape index (κ2) is 5.42. The molecule has 0 aliphatic rings. The summed E-state index contributed by atoms with van der Waals surface area (Å²) >= 11 is 0. The van der Waals surface area contributed by atoms with Crippen LogP contribution in [-0.4, -0.2) is 20.8 Å². The van der Waals surface area contributed by atoms with Crippen LogP contribution in [-0.2, 0) is 6.54 Å². The summed E-state index contributed by atoms with van der Waals surface area (Å²) in [5.41, 5.74) is 8.95. The van der Waals surface area contributed by atoms with Crippen molar-refractivity contribution in [1.29, 1.82) is 0 Å². The molecule has 5 heteroatoms. The molecule has 0 spiro atoms. The summed E-state index contributed by atoms with van der Waals surface area (Å²) < 4.78 is 2.03. The van der Waals surface area contributed by atoms with Gasteiger partial charge < -0.3 is 10.9 Å². The first kappa shape index (κ1) is 14.5. The van der Waals surface area contributed by atoms with Gasteiger partial charge in [0.1, 0.15) is 5.84 Å². The fraction of sp³-hybridized carbons (Fsp3) is 0.692. The summed E-state index contributed by atoms with van der Waals surface area (Å²) in [5, 5.41) is 16.3. The molecule has 0 saturated carbocycles. The van der Waals surface area contributed by atoms with Gasteiger partial charge in [0, 0.05) is 17.7 Å². The molecule has 1 aromatic heterocycles. The van der Waals surface area contributed by atoms with Gasteiger partial charge in [-0.05, 0) is 39.2 Å². The Morgan fingerprint density at radius 1 is 1.39 bits per heavy atom. The van der Waals surface area contributed by atoms with E-state index in [0.717, 1.165) is 25.1 Å². The van der Waals surface area contributed by atoms with Gasteiger partial charge in [-0.1, -0.05) is 19.0 Å². The molecule has 0 saturated heterocycles. The monoisotopic (exact) mass is 252 g/mol. The largest absolute Gasteiger partial charge is 0.409 e. The van der Waals surface area contributed by atoms with Crippen LogP contribution in [0, 0.1) is 26.2 Å². The van der Waals surface area contributed by atoms with Crippen molar-refractivity contribution in [2.45, 2.75) is 54.0 Å². The van der Waals surface area contributed by atoms with E-state index in [1.807, 2.05) is 25.5 Å². The zero-order chi connectivity index (χ0) is 13.9. The van der Waals surface area contributed by atoms with E-state index >= 15 is 0 Å². The van der Waals surface area contributed by atoms with Crippen LogP contribution in [0.1, 0.15) is 43.6 Å². The van der Waals surface area contributed by atoms with Gasteiger partial charge in [0.2, 0.25) is 0 Å². The Morgan fingerprint density at radius 2 is 2.00 bits per heavy atom. The lowest BCUT2D eigenvalue weighted by Crippen LogP contribution is -2.32. The Kier molecular flexibility index (Phi) is 4.38. The van der Waals surface area contributed by atoms with Crippen molar-refractivity contribution in [1.82, 2.24) is 9.78 Å². The van der Waals surface area contributed by atoms with Crippen LogP contribution in [0.5, 0.6) is 0 Å². The topological polar surface area (TPSA) is 76.4 Å². The molecule has 0 atom stereocenters. The molecular weight excluding hydrogens is 228 g/mol. The minimum Gasteiger partial charge on any atom is -0.409 e. The molecule has 0 aromatic carbocycles. The number of amidine groups is 1. The summed E-state index contributed by atoms with van der Waals surface area (Å²) in [7, 11) is 0. The molecule has 0 bridgehead atoms. The molecule has 0 fully saturated rings. The Balaban J connectivity index is 2.59. The van der Waals surface area contributed by atoms with Gasteiger partial charge in [-0.3, -0.25) is 4.68 Å². The fourth-order valence-electron chi connectivity index (χ4n) is 1.94. The standard InChI is InChI=1S/C13H24N4O/c1-9-10(2)15-17(11(9)3)8-6-7-13(4,5)12(14)16-18/h18H,6-8H2,1-5H3,(H2,14,16). The smallest absolute Gasteiger partial charge is 0.144 e. The lowest BCUT2D eigenvalue weighted by molar-refractivity contribution is 0.303. The van der Waals surface area contributed by atoms with Crippen LogP contribution in [0.2, 0.25) is 0 Å². The maximum Gasteiger partial charge on any atom is 0.144 e. The molecule has 3 N–H and O–H groups in total. The molecule has 0 amide bonds. The molecule has 5 nitrogen and oxygen atoms in total. The number of nitrogens with zero attached hydrogens (tertiary/aromatic N) is 3. The van der Waals surface area contributed by atoms with Crippen molar-refractivity contribution in [3.63, 3.8) is 0 Å². The fourth-order valence-corrected chi connectivity index (χ4v) is 1.94. The van der Waals surface area contributed by atoms with Crippen LogP contribution in [0.4, 0.5) is 0 Å². The van der Waals surface area contributed by atoms with E-state index in [1.165, 1.54) is 11.3 Å². The van der Waals surface area contributed by atoms with Crippen LogP contribution >= 0.6 is 0 Å². The normalized spacial score (nSPS) is 13.1. The van der Waals surface area contributed by atoms with E-state index in [9.17, 15) is 0 Å². The van der Waals surface area contributed by atoms with E-state index < -0.39 is 0 Å². The van der Waals surface area contributed by atoms with Gasteiger partial charge in [0.05, 0.1) is 5.69 Å². The zero-order valence-electron chi connectivity index (χ0n) is 12.0. The van der Waals surface area contributed by atoms with Gasteiger partial charge in [0.25, 0.3) is 0 Å².